The second-order valence-electron chi connectivity index (χ2n) is 3.89. The van der Waals surface area contributed by atoms with E-state index in [9.17, 15) is 5.11 Å². The monoisotopic (exact) mass is 164 g/mol. The molecule has 12 heavy (non-hydrogen) atoms. The first-order valence-electron chi connectivity index (χ1n) is 4.91. The highest BCUT2D eigenvalue weighted by Gasteiger charge is 2.26. The zero-order valence-electron chi connectivity index (χ0n) is 7.64. The zero-order valence-corrected chi connectivity index (χ0v) is 7.64. The number of aliphatic hydroxyl groups is 1. The van der Waals surface area contributed by atoms with E-state index in [0.717, 1.165) is 18.8 Å². The molecule has 1 nitrogen and oxygen atoms in total. The Morgan fingerprint density at radius 1 is 1.50 bits per heavy atom. The van der Waals surface area contributed by atoms with Crippen molar-refractivity contribution in [2.45, 2.75) is 39.0 Å². The van der Waals surface area contributed by atoms with Gasteiger partial charge in [-0.25, -0.2) is 0 Å². The Bertz CT molecular complexity index is 248. The van der Waals surface area contributed by atoms with Gasteiger partial charge in [0.25, 0.3) is 0 Å². The average molecular weight is 164 g/mol. The second-order valence-corrected chi connectivity index (χ2v) is 3.89. The maximum absolute atomic E-state index is 9.60. The van der Waals surface area contributed by atoms with E-state index < -0.39 is 0 Å². The number of hydrogen-bond acceptors (Lipinski definition) is 1. The van der Waals surface area contributed by atoms with E-state index in [0.29, 0.717) is 5.76 Å². The van der Waals surface area contributed by atoms with Gasteiger partial charge < -0.3 is 5.11 Å². The fourth-order valence-corrected chi connectivity index (χ4v) is 2.31. The van der Waals surface area contributed by atoms with Crippen LogP contribution < -0.4 is 0 Å². The summed E-state index contributed by atoms with van der Waals surface area (Å²) in [5, 5.41) is 9.60. The predicted molar refractivity (Wildman–Crippen MR) is 50.0 cm³/mol. The Labute approximate surface area is 73.8 Å². The second kappa shape index (κ2) is 2.96. The Balaban J connectivity index is 2.17. The van der Waals surface area contributed by atoms with Crippen molar-refractivity contribution < 1.29 is 5.11 Å². The van der Waals surface area contributed by atoms with Gasteiger partial charge in [0.2, 0.25) is 0 Å². The standard InChI is InChI=1S/C11H16O/c1-2-8-6-9-4-3-5-11(12)10(9)7-8/h5,8,12H,2-4,6-7H2,1H3. The molecule has 2 aliphatic rings. The maximum Gasteiger partial charge on any atom is 0.114 e. The molecule has 1 heteroatoms. The minimum Gasteiger partial charge on any atom is -0.508 e. The van der Waals surface area contributed by atoms with Crippen LogP contribution in [-0.4, -0.2) is 5.11 Å². The van der Waals surface area contributed by atoms with Crippen molar-refractivity contribution in [1.29, 1.82) is 0 Å². The molecule has 0 aromatic heterocycles. The summed E-state index contributed by atoms with van der Waals surface area (Å²) in [5.41, 5.74) is 2.80. The Kier molecular flexibility index (Phi) is 1.95. The van der Waals surface area contributed by atoms with Crippen LogP contribution in [0.15, 0.2) is 23.0 Å². The third-order valence-electron chi connectivity index (χ3n) is 3.12. The van der Waals surface area contributed by atoms with Crippen LogP contribution in [0.3, 0.4) is 0 Å². The molecule has 0 aromatic rings. The molecule has 0 amide bonds. The van der Waals surface area contributed by atoms with Gasteiger partial charge in [0.05, 0.1) is 0 Å². The largest absolute Gasteiger partial charge is 0.508 e. The van der Waals surface area contributed by atoms with Gasteiger partial charge in [-0.2, -0.15) is 0 Å². The lowest BCUT2D eigenvalue weighted by molar-refractivity contribution is 0.409. The molecule has 0 bridgehead atoms. The molecule has 0 radical (unpaired) electrons. The van der Waals surface area contributed by atoms with Crippen LogP contribution in [0.2, 0.25) is 0 Å². The van der Waals surface area contributed by atoms with Crippen LogP contribution in [0.5, 0.6) is 0 Å². The Morgan fingerprint density at radius 3 is 3.00 bits per heavy atom. The van der Waals surface area contributed by atoms with Gasteiger partial charge in [0.1, 0.15) is 5.76 Å². The summed E-state index contributed by atoms with van der Waals surface area (Å²) in [6.45, 7) is 2.24. The predicted octanol–water partition coefficient (Wildman–Crippen LogP) is 3.34. The zero-order chi connectivity index (χ0) is 8.55. The Morgan fingerprint density at radius 2 is 2.33 bits per heavy atom. The van der Waals surface area contributed by atoms with Crippen molar-refractivity contribution in [2.75, 3.05) is 0 Å². The van der Waals surface area contributed by atoms with E-state index in [1.165, 1.54) is 30.4 Å². The van der Waals surface area contributed by atoms with Gasteiger partial charge in [-0.05, 0) is 43.3 Å². The first kappa shape index (κ1) is 7.90. The summed E-state index contributed by atoms with van der Waals surface area (Å²) in [6, 6.07) is 0. The third-order valence-corrected chi connectivity index (χ3v) is 3.12. The molecule has 1 atom stereocenters. The summed E-state index contributed by atoms with van der Waals surface area (Å²) >= 11 is 0. The fraction of sp³-hybridized carbons (Fsp3) is 0.636. The van der Waals surface area contributed by atoms with Gasteiger partial charge in [0, 0.05) is 0 Å². The molecular formula is C11H16O. The number of aliphatic hydroxyl groups excluding tert-OH is 1. The molecule has 0 spiro atoms. The van der Waals surface area contributed by atoms with Crippen LogP contribution >= 0.6 is 0 Å². The van der Waals surface area contributed by atoms with E-state index in [2.05, 4.69) is 6.92 Å². The van der Waals surface area contributed by atoms with Gasteiger partial charge in [-0.3, -0.25) is 0 Å². The molecule has 0 saturated carbocycles. The smallest absolute Gasteiger partial charge is 0.114 e. The summed E-state index contributed by atoms with van der Waals surface area (Å²) in [4.78, 5) is 0. The summed E-state index contributed by atoms with van der Waals surface area (Å²) < 4.78 is 0. The van der Waals surface area contributed by atoms with Crippen LogP contribution in [-0.2, 0) is 0 Å². The summed E-state index contributed by atoms with van der Waals surface area (Å²) in [6.07, 6.45) is 7.81. The average Bonchev–Trinajstić information content (AvgIpc) is 2.49. The van der Waals surface area contributed by atoms with Crippen molar-refractivity contribution in [1.82, 2.24) is 0 Å². The molecular weight excluding hydrogens is 148 g/mol. The number of hydrogen-bond donors (Lipinski definition) is 1. The molecule has 0 heterocycles. The van der Waals surface area contributed by atoms with E-state index in [4.69, 9.17) is 0 Å². The van der Waals surface area contributed by atoms with Crippen molar-refractivity contribution in [3.8, 4) is 0 Å². The molecule has 2 aliphatic carbocycles. The van der Waals surface area contributed by atoms with Crippen molar-refractivity contribution in [2.24, 2.45) is 5.92 Å². The lowest BCUT2D eigenvalue weighted by Gasteiger charge is -2.10. The Hall–Kier alpha value is -0.720. The molecule has 0 aliphatic heterocycles. The van der Waals surface area contributed by atoms with E-state index in [1.54, 1.807) is 0 Å². The van der Waals surface area contributed by atoms with E-state index in [1.807, 2.05) is 6.08 Å². The van der Waals surface area contributed by atoms with E-state index in [-0.39, 0.29) is 0 Å². The highest BCUT2D eigenvalue weighted by atomic mass is 16.3. The molecule has 66 valence electrons. The molecule has 0 saturated heterocycles. The highest BCUT2D eigenvalue weighted by Crippen LogP contribution is 2.40. The van der Waals surface area contributed by atoms with Gasteiger partial charge in [0.15, 0.2) is 0 Å². The molecule has 1 N–H and O–H groups in total. The molecule has 2 rings (SSSR count). The van der Waals surface area contributed by atoms with Crippen molar-refractivity contribution >= 4 is 0 Å². The number of allylic oxidation sites excluding steroid dienone is 3. The third kappa shape index (κ3) is 1.17. The molecule has 0 fully saturated rings. The van der Waals surface area contributed by atoms with Crippen LogP contribution in [0.4, 0.5) is 0 Å². The topological polar surface area (TPSA) is 20.2 Å². The van der Waals surface area contributed by atoms with Crippen molar-refractivity contribution in [3.63, 3.8) is 0 Å². The lowest BCUT2D eigenvalue weighted by atomic mass is 9.99. The van der Waals surface area contributed by atoms with Crippen LogP contribution in [0.1, 0.15) is 39.0 Å². The van der Waals surface area contributed by atoms with Crippen LogP contribution in [0.25, 0.3) is 0 Å². The fourth-order valence-electron chi connectivity index (χ4n) is 2.31. The SMILES string of the molecule is CCC1CC2=C(C1)C(O)=CCC2. The lowest BCUT2D eigenvalue weighted by Crippen LogP contribution is -1.95. The maximum atomic E-state index is 9.60. The summed E-state index contributed by atoms with van der Waals surface area (Å²) in [7, 11) is 0. The quantitative estimate of drug-likeness (QED) is 0.630. The van der Waals surface area contributed by atoms with Gasteiger partial charge in [-0.1, -0.05) is 18.9 Å². The van der Waals surface area contributed by atoms with Gasteiger partial charge >= 0.3 is 0 Å². The van der Waals surface area contributed by atoms with Crippen molar-refractivity contribution in [3.05, 3.63) is 23.0 Å². The number of rotatable bonds is 1. The van der Waals surface area contributed by atoms with Crippen LogP contribution in [0, 0.1) is 5.92 Å². The first-order valence-corrected chi connectivity index (χ1v) is 4.91. The first-order chi connectivity index (χ1) is 5.81. The minimum atomic E-state index is 0.576. The molecule has 0 aromatic carbocycles. The summed E-state index contributed by atoms with van der Waals surface area (Å²) in [5.74, 6) is 1.39. The molecule has 1 unspecified atom stereocenters. The normalized spacial score (nSPS) is 28.8. The van der Waals surface area contributed by atoms with E-state index >= 15 is 0 Å². The highest BCUT2D eigenvalue weighted by molar-refractivity contribution is 5.37. The van der Waals surface area contributed by atoms with Gasteiger partial charge in [-0.15, -0.1) is 0 Å². The minimum absolute atomic E-state index is 0.576.